The van der Waals surface area contributed by atoms with Gasteiger partial charge in [-0.2, -0.15) is 0 Å². The van der Waals surface area contributed by atoms with E-state index in [1.165, 1.54) is 12.8 Å². The molecule has 0 aromatic heterocycles. The van der Waals surface area contributed by atoms with Crippen LogP contribution in [0.2, 0.25) is 5.02 Å². The standard InChI is InChI=1S/C15H21ClN2O.ClH/c1-18(11-12-4-6-13(16)7-5-12)15(19)9-8-14-3-2-10-17-14;/h4-7,14,17H,2-3,8-11H2,1H3;1H. The number of carbonyl (C=O) groups excluding carboxylic acids is 1. The first-order valence-corrected chi connectivity index (χ1v) is 7.25. The highest BCUT2D eigenvalue weighted by molar-refractivity contribution is 6.30. The van der Waals surface area contributed by atoms with Crippen molar-refractivity contribution in [2.24, 2.45) is 0 Å². The Balaban J connectivity index is 0.00000200. The van der Waals surface area contributed by atoms with E-state index in [-0.39, 0.29) is 18.3 Å². The van der Waals surface area contributed by atoms with Crippen molar-refractivity contribution in [1.82, 2.24) is 10.2 Å². The number of nitrogens with one attached hydrogen (secondary N) is 1. The maximum atomic E-state index is 12.0. The van der Waals surface area contributed by atoms with Gasteiger partial charge in [0, 0.05) is 31.1 Å². The van der Waals surface area contributed by atoms with Crippen LogP contribution in [0.25, 0.3) is 0 Å². The van der Waals surface area contributed by atoms with Crippen molar-refractivity contribution in [3.8, 4) is 0 Å². The SMILES string of the molecule is CN(Cc1ccc(Cl)cc1)C(=O)CCC1CCCN1.Cl. The zero-order valence-electron chi connectivity index (χ0n) is 11.8. The maximum absolute atomic E-state index is 12.0. The van der Waals surface area contributed by atoms with Crippen LogP contribution < -0.4 is 5.32 Å². The molecule has 20 heavy (non-hydrogen) atoms. The van der Waals surface area contributed by atoms with E-state index < -0.39 is 0 Å². The van der Waals surface area contributed by atoms with E-state index in [2.05, 4.69) is 5.32 Å². The molecule has 1 heterocycles. The summed E-state index contributed by atoms with van der Waals surface area (Å²) in [7, 11) is 1.86. The first kappa shape index (κ1) is 17.3. The predicted molar refractivity (Wildman–Crippen MR) is 85.4 cm³/mol. The molecule has 112 valence electrons. The van der Waals surface area contributed by atoms with Crippen molar-refractivity contribution in [2.75, 3.05) is 13.6 Å². The van der Waals surface area contributed by atoms with E-state index >= 15 is 0 Å². The lowest BCUT2D eigenvalue weighted by molar-refractivity contribution is -0.130. The molecule has 0 saturated carbocycles. The molecule has 1 aliphatic heterocycles. The van der Waals surface area contributed by atoms with Crippen molar-refractivity contribution in [1.29, 1.82) is 0 Å². The molecule has 1 saturated heterocycles. The Labute approximate surface area is 132 Å². The van der Waals surface area contributed by atoms with E-state index in [0.717, 1.165) is 23.6 Å². The van der Waals surface area contributed by atoms with Crippen molar-refractivity contribution in [3.63, 3.8) is 0 Å². The van der Waals surface area contributed by atoms with E-state index in [4.69, 9.17) is 11.6 Å². The fourth-order valence-electron chi connectivity index (χ4n) is 2.44. The van der Waals surface area contributed by atoms with Crippen molar-refractivity contribution >= 4 is 29.9 Å². The molecule has 0 aliphatic carbocycles. The summed E-state index contributed by atoms with van der Waals surface area (Å²) in [6.45, 7) is 1.74. The molecule has 5 heteroatoms. The second kappa shape index (κ2) is 8.50. The second-order valence-corrected chi connectivity index (χ2v) is 5.64. The first-order valence-electron chi connectivity index (χ1n) is 6.87. The van der Waals surface area contributed by atoms with Crippen molar-refractivity contribution < 1.29 is 4.79 Å². The molecule has 1 unspecified atom stereocenters. The summed E-state index contributed by atoms with van der Waals surface area (Å²) in [4.78, 5) is 13.8. The normalized spacial score (nSPS) is 17.6. The molecule has 0 radical (unpaired) electrons. The van der Waals surface area contributed by atoms with Gasteiger partial charge in [-0.1, -0.05) is 23.7 Å². The summed E-state index contributed by atoms with van der Waals surface area (Å²) in [6.07, 6.45) is 4.01. The molecule has 1 aromatic rings. The summed E-state index contributed by atoms with van der Waals surface area (Å²) in [5, 5.41) is 4.15. The van der Waals surface area contributed by atoms with Crippen molar-refractivity contribution in [3.05, 3.63) is 34.9 Å². The second-order valence-electron chi connectivity index (χ2n) is 5.21. The van der Waals surface area contributed by atoms with Gasteiger partial charge in [0.05, 0.1) is 0 Å². The minimum absolute atomic E-state index is 0. The molecule has 0 bridgehead atoms. The molecule has 1 atom stereocenters. The van der Waals surface area contributed by atoms with Gasteiger partial charge in [0.25, 0.3) is 0 Å². The van der Waals surface area contributed by atoms with Crippen LogP contribution in [-0.2, 0) is 11.3 Å². The van der Waals surface area contributed by atoms with Gasteiger partial charge in [0.2, 0.25) is 5.91 Å². The number of rotatable bonds is 5. The maximum Gasteiger partial charge on any atom is 0.222 e. The molecule has 1 N–H and O–H groups in total. The number of carbonyl (C=O) groups is 1. The third-order valence-electron chi connectivity index (χ3n) is 3.63. The Hall–Kier alpha value is -0.770. The fraction of sp³-hybridized carbons (Fsp3) is 0.533. The van der Waals surface area contributed by atoms with Crippen LogP contribution in [-0.4, -0.2) is 30.4 Å². The van der Waals surface area contributed by atoms with Gasteiger partial charge in [-0.05, 0) is 43.5 Å². The average Bonchev–Trinajstić information content (AvgIpc) is 2.91. The topological polar surface area (TPSA) is 32.3 Å². The lowest BCUT2D eigenvalue weighted by Crippen LogP contribution is -2.29. The smallest absolute Gasteiger partial charge is 0.222 e. The third-order valence-corrected chi connectivity index (χ3v) is 3.88. The van der Waals surface area contributed by atoms with Crippen LogP contribution >= 0.6 is 24.0 Å². The Morgan fingerprint density at radius 1 is 1.40 bits per heavy atom. The first-order chi connectivity index (χ1) is 9.15. The van der Waals surface area contributed by atoms with Gasteiger partial charge in [-0.25, -0.2) is 0 Å². The van der Waals surface area contributed by atoms with Gasteiger partial charge in [0.15, 0.2) is 0 Å². The Bertz CT molecular complexity index is 416. The Morgan fingerprint density at radius 3 is 2.70 bits per heavy atom. The van der Waals surface area contributed by atoms with Gasteiger partial charge >= 0.3 is 0 Å². The molecule has 3 nitrogen and oxygen atoms in total. The zero-order valence-corrected chi connectivity index (χ0v) is 13.3. The zero-order chi connectivity index (χ0) is 13.7. The molecular formula is C15H22Cl2N2O. The largest absolute Gasteiger partial charge is 0.341 e. The van der Waals surface area contributed by atoms with Crippen LogP contribution in [0.3, 0.4) is 0 Å². The van der Waals surface area contributed by atoms with Gasteiger partial charge in [0.1, 0.15) is 0 Å². The van der Waals surface area contributed by atoms with Crippen molar-refractivity contribution in [2.45, 2.75) is 38.3 Å². The van der Waals surface area contributed by atoms with E-state index in [1.54, 1.807) is 4.90 Å². The van der Waals surface area contributed by atoms with Crippen LogP contribution in [0.4, 0.5) is 0 Å². The minimum Gasteiger partial charge on any atom is -0.341 e. The van der Waals surface area contributed by atoms with Crippen LogP contribution in [0.15, 0.2) is 24.3 Å². The summed E-state index contributed by atoms with van der Waals surface area (Å²) in [6, 6.07) is 8.18. The van der Waals surface area contributed by atoms with E-state index in [9.17, 15) is 4.79 Å². The summed E-state index contributed by atoms with van der Waals surface area (Å²) in [5.74, 6) is 0.212. The number of hydrogen-bond donors (Lipinski definition) is 1. The summed E-state index contributed by atoms with van der Waals surface area (Å²) >= 11 is 5.85. The highest BCUT2D eigenvalue weighted by Gasteiger charge is 2.16. The number of hydrogen-bond acceptors (Lipinski definition) is 2. The highest BCUT2D eigenvalue weighted by Crippen LogP contribution is 2.14. The molecular weight excluding hydrogens is 295 g/mol. The van der Waals surface area contributed by atoms with Gasteiger partial charge in [-0.15, -0.1) is 12.4 Å². The average molecular weight is 317 g/mol. The molecule has 1 fully saturated rings. The number of halogens is 2. The van der Waals surface area contributed by atoms with Crippen LogP contribution in [0.5, 0.6) is 0 Å². The molecule has 0 spiro atoms. The molecule has 1 aromatic carbocycles. The fourth-order valence-corrected chi connectivity index (χ4v) is 2.57. The molecule has 1 aliphatic rings. The third kappa shape index (κ3) is 5.31. The lowest BCUT2D eigenvalue weighted by Gasteiger charge is -2.18. The monoisotopic (exact) mass is 316 g/mol. The molecule has 2 rings (SSSR count). The summed E-state index contributed by atoms with van der Waals surface area (Å²) < 4.78 is 0. The number of nitrogens with zero attached hydrogens (tertiary/aromatic N) is 1. The van der Waals surface area contributed by atoms with Gasteiger partial charge < -0.3 is 10.2 Å². The van der Waals surface area contributed by atoms with E-state index in [0.29, 0.717) is 19.0 Å². The van der Waals surface area contributed by atoms with Gasteiger partial charge in [-0.3, -0.25) is 4.79 Å². The number of benzene rings is 1. The Morgan fingerprint density at radius 2 is 2.10 bits per heavy atom. The minimum atomic E-state index is 0. The number of amides is 1. The van der Waals surface area contributed by atoms with E-state index in [1.807, 2.05) is 31.3 Å². The lowest BCUT2D eigenvalue weighted by atomic mass is 10.1. The highest BCUT2D eigenvalue weighted by atomic mass is 35.5. The van der Waals surface area contributed by atoms with Crippen LogP contribution in [0.1, 0.15) is 31.2 Å². The predicted octanol–water partition coefficient (Wildman–Crippen LogP) is 3.25. The summed E-state index contributed by atoms with van der Waals surface area (Å²) in [5.41, 5.74) is 1.11. The quantitative estimate of drug-likeness (QED) is 0.904. The molecule has 1 amide bonds. The van der Waals surface area contributed by atoms with Crippen LogP contribution in [0, 0.1) is 0 Å². The Kier molecular flexibility index (Phi) is 7.35.